The minimum absolute atomic E-state index is 0.321. The Morgan fingerprint density at radius 3 is 1.35 bits per heavy atom. The van der Waals surface area contributed by atoms with Crippen LogP contribution >= 0.6 is 7.26 Å². The molecule has 0 spiro atoms. The molecule has 0 aliphatic rings. The van der Waals surface area contributed by atoms with Crippen LogP contribution in [-0.2, 0) is 0 Å². The van der Waals surface area contributed by atoms with Gasteiger partial charge in [0.2, 0.25) is 11.6 Å². The summed E-state index contributed by atoms with van der Waals surface area (Å²) in [5, 5.41) is -0.321. The molecule has 1 aromatic rings. The van der Waals surface area contributed by atoms with E-state index in [2.05, 4.69) is 4.98 Å². The maximum absolute atomic E-state index is 14.4. The Balaban J connectivity index is 3.46. The molecule has 0 aliphatic carbocycles. The molecule has 0 saturated heterocycles. The van der Waals surface area contributed by atoms with Crippen LogP contribution in [0.25, 0.3) is 0 Å². The lowest BCUT2D eigenvalue weighted by atomic mass is 10.4. The van der Waals surface area contributed by atoms with Crippen molar-refractivity contribution in [2.45, 2.75) is 59.3 Å². The molecule has 0 amide bonds. The van der Waals surface area contributed by atoms with E-state index in [4.69, 9.17) is 0 Å². The maximum atomic E-state index is 14.4. The van der Waals surface area contributed by atoms with E-state index in [9.17, 15) is 17.6 Å². The summed E-state index contributed by atoms with van der Waals surface area (Å²) in [6.07, 6.45) is 7.02. The summed E-state index contributed by atoms with van der Waals surface area (Å²) in [5.74, 6) is -5.60. The van der Waals surface area contributed by atoms with Crippen molar-refractivity contribution in [1.82, 2.24) is 4.98 Å². The first-order valence-electron chi connectivity index (χ1n) is 8.50. The topological polar surface area (TPSA) is 12.9 Å². The van der Waals surface area contributed by atoms with Crippen molar-refractivity contribution in [3.8, 4) is 0 Å². The second kappa shape index (κ2) is 9.56. The Hall–Kier alpha value is -0.700. The zero-order valence-electron chi connectivity index (χ0n) is 14.3. The molecule has 0 unspecified atom stereocenters. The number of pyridine rings is 1. The standard InChI is InChI=1S/C17H27F4NP/c1-4-7-10-23(11-8-5-2,12-9-6-3)15-13(18)16(20)22-17(21)14(15)19/h4-12H2,1-3H3/q+1. The smallest absolute Gasteiger partial charge is 0.197 e. The largest absolute Gasteiger partial charge is 0.255 e. The van der Waals surface area contributed by atoms with Gasteiger partial charge in [-0.2, -0.15) is 22.5 Å². The molecular weight excluding hydrogens is 325 g/mol. The Morgan fingerprint density at radius 1 is 0.696 bits per heavy atom. The van der Waals surface area contributed by atoms with Gasteiger partial charge >= 0.3 is 0 Å². The van der Waals surface area contributed by atoms with E-state index in [1.165, 1.54) is 0 Å². The third-order valence-electron chi connectivity index (χ3n) is 4.27. The molecule has 6 heteroatoms. The van der Waals surface area contributed by atoms with Crippen LogP contribution in [0.5, 0.6) is 0 Å². The fourth-order valence-corrected chi connectivity index (χ4v) is 8.07. The summed E-state index contributed by atoms with van der Waals surface area (Å²) in [6, 6.07) is 0. The highest BCUT2D eigenvalue weighted by atomic mass is 31.2. The van der Waals surface area contributed by atoms with Crippen LogP contribution < -0.4 is 5.30 Å². The lowest BCUT2D eigenvalue weighted by molar-refractivity contribution is 0.414. The van der Waals surface area contributed by atoms with Gasteiger partial charge in [0.15, 0.2) is 5.30 Å². The summed E-state index contributed by atoms with van der Waals surface area (Å²) in [6.45, 7) is 6.03. The highest BCUT2D eigenvalue weighted by Crippen LogP contribution is 2.60. The lowest BCUT2D eigenvalue weighted by Crippen LogP contribution is -2.29. The zero-order chi connectivity index (χ0) is 17.5. The number of hydrogen-bond donors (Lipinski definition) is 0. The highest BCUT2D eigenvalue weighted by molar-refractivity contribution is 7.82. The molecule has 23 heavy (non-hydrogen) atoms. The Kier molecular flexibility index (Phi) is 8.46. The summed E-state index contributed by atoms with van der Waals surface area (Å²) in [7, 11) is -2.30. The van der Waals surface area contributed by atoms with Crippen molar-refractivity contribution in [3.63, 3.8) is 0 Å². The lowest BCUT2D eigenvalue weighted by Gasteiger charge is -2.28. The molecule has 0 saturated carbocycles. The fourth-order valence-electron chi connectivity index (χ4n) is 2.95. The maximum Gasteiger partial charge on any atom is 0.255 e. The van der Waals surface area contributed by atoms with Crippen LogP contribution in [-0.4, -0.2) is 23.5 Å². The Labute approximate surface area is 137 Å². The van der Waals surface area contributed by atoms with Gasteiger partial charge < -0.3 is 0 Å². The SMILES string of the molecule is CCCC[P+](CCCC)(CCCC)c1c(F)c(F)nc(F)c1F. The van der Waals surface area contributed by atoms with Crippen LogP contribution in [0.3, 0.4) is 0 Å². The summed E-state index contributed by atoms with van der Waals surface area (Å²) < 4.78 is 56.1. The normalized spacial score (nSPS) is 12.0. The minimum atomic E-state index is -2.30. The van der Waals surface area contributed by atoms with Gasteiger partial charge in [-0.1, -0.05) is 40.0 Å². The van der Waals surface area contributed by atoms with E-state index >= 15 is 0 Å². The molecule has 0 aliphatic heterocycles. The van der Waals surface area contributed by atoms with Gasteiger partial charge in [-0.3, -0.25) is 0 Å². The highest BCUT2D eigenvalue weighted by Gasteiger charge is 2.45. The molecular formula is C17H27F4NP+. The third-order valence-corrected chi connectivity index (χ3v) is 9.13. The van der Waals surface area contributed by atoms with Crippen LogP contribution in [0.15, 0.2) is 0 Å². The predicted octanol–water partition coefficient (Wildman–Crippen LogP) is 5.68. The van der Waals surface area contributed by atoms with Gasteiger partial charge in [-0.25, -0.2) is 0 Å². The predicted molar refractivity (Wildman–Crippen MR) is 89.9 cm³/mol. The van der Waals surface area contributed by atoms with E-state index < -0.39 is 30.8 Å². The quantitative estimate of drug-likeness (QED) is 0.300. The molecule has 0 radical (unpaired) electrons. The first-order chi connectivity index (χ1) is 10.9. The molecule has 0 bridgehead atoms. The summed E-state index contributed by atoms with van der Waals surface area (Å²) in [5.41, 5.74) is 0. The van der Waals surface area contributed by atoms with Gasteiger partial charge in [-0.05, 0) is 19.3 Å². The number of hydrogen-bond acceptors (Lipinski definition) is 1. The molecule has 0 aromatic carbocycles. The van der Waals surface area contributed by atoms with Crippen LogP contribution in [0.4, 0.5) is 17.6 Å². The molecule has 0 atom stereocenters. The van der Waals surface area contributed by atoms with E-state index in [0.29, 0.717) is 18.5 Å². The van der Waals surface area contributed by atoms with E-state index in [0.717, 1.165) is 38.5 Å². The zero-order valence-corrected chi connectivity index (χ0v) is 15.2. The summed E-state index contributed by atoms with van der Waals surface area (Å²) in [4.78, 5) is 2.72. The average Bonchev–Trinajstić information content (AvgIpc) is 2.54. The monoisotopic (exact) mass is 352 g/mol. The molecule has 132 valence electrons. The van der Waals surface area contributed by atoms with Crippen molar-refractivity contribution in [1.29, 1.82) is 0 Å². The molecule has 0 fully saturated rings. The van der Waals surface area contributed by atoms with Crippen molar-refractivity contribution in [3.05, 3.63) is 23.5 Å². The number of nitrogens with zero attached hydrogens (tertiary/aromatic N) is 1. The van der Waals surface area contributed by atoms with E-state index in [-0.39, 0.29) is 5.30 Å². The van der Waals surface area contributed by atoms with Gasteiger partial charge in [0, 0.05) is 0 Å². The first-order valence-corrected chi connectivity index (χ1v) is 10.8. The first kappa shape index (κ1) is 20.3. The minimum Gasteiger partial charge on any atom is -0.197 e. The number of halogens is 4. The molecule has 1 nitrogen and oxygen atoms in total. The van der Waals surface area contributed by atoms with Crippen molar-refractivity contribution >= 4 is 12.6 Å². The van der Waals surface area contributed by atoms with E-state index in [1.54, 1.807) is 0 Å². The molecule has 1 aromatic heterocycles. The van der Waals surface area contributed by atoms with Crippen LogP contribution in [0.1, 0.15) is 59.3 Å². The molecule has 1 heterocycles. The van der Waals surface area contributed by atoms with Gasteiger partial charge in [0.05, 0.1) is 25.7 Å². The average molecular weight is 352 g/mol. The van der Waals surface area contributed by atoms with Crippen LogP contribution in [0, 0.1) is 23.5 Å². The van der Waals surface area contributed by atoms with Crippen molar-refractivity contribution in [2.75, 3.05) is 18.5 Å². The third kappa shape index (κ3) is 4.89. The molecule has 1 rings (SSSR count). The molecule has 0 N–H and O–H groups in total. The number of unbranched alkanes of at least 4 members (excludes halogenated alkanes) is 3. The van der Waals surface area contributed by atoms with Crippen LogP contribution in [0.2, 0.25) is 0 Å². The summed E-state index contributed by atoms with van der Waals surface area (Å²) >= 11 is 0. The second-order valence-corrected chi connectivity index (χ2v) is 10.1. The van der Waals surface area contributed by atoms with Gasteiger partial charge in [0.1, 0.15) is 0 Å². The second-order valence-electron chi connectivity index (χ2n) is 6.05. The Morgan fingerprint density at radius 2 is 1.04 bits per heavy atom. The van der Waals surface area contributed by atoms with Crippen molar-refractivity contribution in [2.24, 2.45) is 0 Å². The number of aromatic nitrogens is 1. The fraction of sp³-hybridized carbons (Fsp3) is 0.706. The Bertz CT molecular complexity index is 460. The van der Waals surface area contributed by atoms with Gasteiger partial charge in [0.25, 0.3) is 11.9 Å². The van der Waals surface area contributed by atoms with Gasteiger partial charge in [-0.15, -0.1) is 0 Å². The van der Waals surface area contributed by atoms with E-state index in [1.807, 2.05) is 20.8 Å². The number of rotatable bonds is 10. The van der Waals surface area contributed by atoms with Crippen molar-refractivity contribution < 1.29 is 17.6 Å².